The molecule has 0 bridgehead atoms. The predicted molar refractivity (Wildman–Crippen MR) is 97.2 cm³/mol. The molecule has 1 amide bonds. The van der Waals surface area contributed by atoms with Crippen molar-refractivity contribution in [1.82, 2.24) is 9.88 Å². The van der Waals surface area contributed by atoms with Crippen molar-refractivity contribution in [2.75, 3.05) is 31.1 Å². The van der Waals surface area contributed by atoms with Gasteiger partial charge in [-0.05, 0) is 37.5 Å². The minimum absolute atomic E-state index is 0.141. The van der Waals surface area contributed by atoms with Gasteiger partial charge < -0.3 is 9.80 Å². The SMILES string of the molecule is CCCN(CCC)C(=O)C1CN(c2nc3ccc(C)cc3s2)C1. The van der Waals surface area contributed by atoms with Crippen molar-refractivity contribution in [3.8, 4) is 0 Å². The molecule has 5 heteroatoms. The van der Waals surface area contributed by atoms with E-state index in [0.717, 1.165) is 49.7 Å². The summed E-state index contributed by atoms with van der Waals surface area (Å²) in [7, 11) is 0. The highest BCUT2D eigenvalue weighted by Gasteiger charge is 2.36. The highest BCUT2D eigenvalue weighted by molar-refractivity contribution is 7.22. The molecule has 4 nitrogen and oxygen atoms in total. The van der Waals surface area contributed by atoms with Gasteiger partial charge in [0.15, 0.2) is 5.13 Å². The molecule has 0 unspecified atom stereocenters. The molecule has 0 aliphatic carbocycles. The number of carbonyl (C=O) groups is 1. The van der Waals surface area contributed by atoms with Gasteiger partial charge in [-0.3, -0.25) is 4.79 Å². The Bertz CT molecular complexity index is 685. The number of rotatable bonds is 6. The Kier molecular flexibility index (Phi) is 4.85. The number of fused-ring (bicyclic) bond motifs is 1. The van der Waals surface area contributed by atoms with Gasteiger partial charge in [-0.1, -0.05) is 31.3 Å². The van der Waals surface area contributed by atoms with Crippen molar-refractivity contribution in [3.05, 3.63) is 23.8 Å². The molecule has 23 heavy (non-hydrogen) atoms. The van der Waals surface area contributed by atoms with E-state index < -0.39 is 0 Å². The summed E-state index contributed by atoms with van der Waals surface area (Å²) in [6.07, 6.45) is 2.05. The van der Waals surface area contributed by atoms with Crippen LogP contribution in [-0.4, -0.2) is 42.0 Å². The molecule has 1 aliphatic rings. The number of carbonyl (C=O) groups excluding carboxylic acids is 1. The second-order valence-corrected chi connectivity index (χ2v) is 7.40. The van der Waals surface area contributed by atoms with E-state index in [0.29, 0.717) is 5.91 Å². The molecule has 0 saturated carbocycles. The van der Waals surface area contributed by atoms with Crippen molar-refractivity contribution in [1.29, 1.82) is 0 Å². The molecule has 0 atom stereocenters. The maximum absolute atomic E-state index is 12.6. The number of amides is 1. The first kappa shape index (κ1) is 16.2. The minimum atomic E-state index is 0.141. The average molecular weight is 331 g/mol. The molecular formula is C18H25N3OS. The molecule has 0 radical (unpaired) electrons. The molecule has 2 aromatic rings. The largest absolute Gasteiger partial charge is 0.346 e. The fourth-order valence-corrected chi connectivity index (χ4v) is 4.16. The summed E-state index contributed by atoms with van der Waals surface area (Å²) in [5.74, 6) is 0.462. The average Bonchev–Trinajstić information content (AvgIpc) is 2.87. The molecule has 2 heterocycles. The Hall–Kier alpha value is -1.62. The summed E-state index contributed by atoms with van der Waals surface area (Å²) in [5, 5.41) is 1.05. The summed E-state index contributed by atoms with van der Waals surface area (Å²) >= 11 is 1.73. The summed E-state index contributed by atoms with van der Waals surface area (Å²) in [6, 6.07) is 6.36. The van der Waals surface area contributed by atoms with Crippen molar-refractivity contribution < 1.29 is 4.79 Å². The van der Waals surface area contributed by atoms with Gasteiger partial charge in [0.25, 0.3) is 0 Å². The zero-order valence-corrected chi connectivity index (χ0v) is 15.0. The third-order valence-electron chi connectivity index (χ3n) is 4.33. The van der Waals surface area contributed by atoms with E-state index in [9.17, 15) is 4.79 Å². The number of benzene rings is 1. The zero-order chi connectivity index (χ0) is 16.4. The van der Waals surface area contributed by atoms with Crippen molar-refractivity contribution in [2.24, 2.45) is 5.92 Å². The van der Waals surface area contributed by atoms with E-state index >= 15 is 0 Å². The maximum atomic E-state index is 12.6. The molecule has 124 valence electrons. The van der Waals surface area contributed by atoms with Crippen LogP contribution in [0.2, 0.25) is 0 Å². The molecule has 1 saturated heterocycles. The van der Waals surface area contributed by atoms with Gasteiger partial charge in [-0.2, -0.15) is 0 Å². The lowest BCUT2D eigenvalue weighted by Crippen LogP contribution is -2.54. The van der Waals surface area contributed by atoms with Gasteiger partial charge in [0.2, 0.25) is 5.91 Å². The lowest BCUT2D eigenvalue weighted by Gasteiger charge is -2.40. The van der Waals surface area contributed by atoms with E-state index in [2.05, 4.69) is 43.9 Å². The van der Waals surface area contributed by atoms with Gasteiger partial charge in [0, 0.05) is 26.2 Å². The van der Waals surface area contributed by atoms with Crippen LogP contribution in [0.4, 0.5) is 5.13 Å². The summed E-state index contributed by atoms with van der Waals surface area (Å²) in [4.78, 5) is 21.6. The Morgan fingerprint density at radius 3 is 2.65 bits per heavy atom. The Labute approximate surface area is 142 Å². The van der Waals surface area contributed by atoms with Gasteiger partial charge >= 0.3 is 0 Å². The van der Waals surface area contributed by atoms with E-state index in [4.69, 9.17) is 4.98 Å². The number of aryl methyl sites for hydroxylation is 1. The second-order valence-electron chi connectivity index (χ2n) is 6.39. The summed E-state index contributed by atoms with van der Waals surface area (Å²) in [5.41, 5.74) is 2.32. The lowest BCUT2D eigenvalue weighted by atomic mass is 9.99. The predicted octanol–water partition coefficient (Wildman–Crippen LogP) is 3.69. The summed E-state index contributed by atoms with van der Waals surface area (Å²) in [6.45, 7) is 9.74. The number of hydrogen-bond acceptors (Lipinski definition) is 4. The molecule has 3 rings (SSSR count). The zero-order valence-electron chi connectivity index (χ0n) is 14.2. The first-order valence-electron chi connectivity index (χ1n) is 8.53. The Morgan fingerprint density at radius 2 is 2.00 bits per heavy atom. The van der Waals surface area contributed by atoms with Gasteiger partial charge in [-0.25, -0.2) is 4.98 Å². The topological polar surface area (TPSA) is 36.4 Å². The quantitative estimate of drug-likeness (QED) is 0.810. The number of nitrogens with zero attached hydrogens (tertiary/aromatic N) is 3. The molecule has 1 aromatic carbocycles. The summed E-state index contributed by atoms with van der Waals surface area (Å²) < 4.78 is 1.23. The molecule has 1 aliphatic heterocycles. The van der Waals surface area contributed by atoms with Crippen LogP contribution in [0, 0.1) is 12.8 Å². The lowest BCUT2D eigenvalue weighted by molar-refractivity contribution is -0.136. The minimum Gasteiger partial charge on any atom is -0.346 e. The monoisotopic (exact) mass is 331 g/mol. The van der Waals surface area contributed by atoms with Crippen LogP contribution in [0.15, 0.2) is 18.2 Å². The van der Waals surface area contributed by atoms with E-state index in [1.165, 1.54) is 10.3 Å². The van der Waals surface area contributed by atoms with Crippen LogP contribution in [0.1, 0.15) is 32.3 Å². The van der Waals surface area contributed by atoms with Crippen LogP contribution < -0.4 is 4.90 Å². The highest BCUT2D eigenvalue weighted by Crippen LogP contribution is 2.33. The molecular weight excluding hydrogens is 306 g/mol. The molecule has 1 aromatic heterocycles. The number of hydrogen-bond donors (Lipinski definition) is 0. The number of aromatic nitrogens is 1. The fraction of sp³-hybridized carbons (Fsp3) is 0.556. The molecule has 0 N–H and O–H groups in total. The maximum Gasteiger partial charge on any atom is 0.229 e. The van der Waals surface area contributed by atoms with Crippen LogP contribution in [0.5, 0.6) is 0 Å². The van der Waals surface area contributed by atoms with Crippen molar-refractivity contribution in [2.45, 2.75) is 33.6 Å². The van der Waals surface area contributed by atoms with Gasteiger partial charge in [-0.15, -0.1) is 0 Å². The first-order chi connectivity index (χ1) is 11.1. The normalized spacial score (nSPS) is 15.0. The molecule has 0 spiro atoms. The Morgan fingerprint density at radius 1 is 1.30 bits per heavy atom. The van der Waals surface area contributed by atoms with E-state index in [1.54, 1.807) is 11.3 Å². The van der Waals surface area contributed by atoms with Gasteiger partial charge in [0.1, 0.15) is 0 Å². The van der Waals surface area contributed by atoms with Crippen molar-refractivity contribution in [3.63, 3.8) is 0 Å². The first-order valence-corrected chi connectivity index (χ1v) is 9.35. The number of thiazole rings is 1. The standard InChI is InChI=1S/C18H25N3OS/c1-4-8-20(9-5-2)17(22)14-11-21(12-14)18-19-15-7-6-13(3)10-16(15)23-18/h6-7,10,14H,4-5,8-9,11-12H2,1-3H3. The third-order valence-corrected chi connectivity index (χ3v) is 5.41. The smallest absolute Gasteiger partial charge is 0.229 e. The van der Waals surface area contributed by atoms with Crippen molar-refractivity contribution >= 4 is 32.6 Å². The number of anilines is 1. The third kappa shape index (κ3) is 3.34. The van der Waals surface area contributed by atoms with E-state index in [-0.39, 0.29) is 5.92 Å². The molecule has 1 fully saturated rings. The van der Waals surface area contributed by atoms with Crippen LogP contribution in [0.3, 0.4) is 0 Å². The Balaban J connectivity index is 1.64. The van der Waals surface area contributed by atoms with Crippen LogP contribution in [0.25, 0.3) is 10.2 Å². The van der Waals surface area contributed by atoms with Crippen LogP contribution >= 0.6 is 11.3 Å². The van der Waals surface area contributed by atoms with Crippen LogP contribution in [-0.2, 0) is 4.79 Å². The highest BCUT2D eigenvalue weighted by atomic mass is 32.1. The fourth-order valence-electron chi connectivity index (χ4n) is 3.08. The van der Waals surface area contributed by atoms with E-state index in [1.807, 2.05) is 4.90 Å². The second kappa shape index (κ2) is 6.87. The van der Waals surface area contributed by atoms with Gasteiger partial charge in [0.05, 0.1) is 16.1 Å².